The zero-order valence-electron chi connectivity index (χ0n) is 19.3. The first kappa shape index (κ1) is 20.7. The molecule has 1 aliphatic heterocycles. The van der Waals surface area contributed by atoms with E-state index in [4.69, 9.17) is 0 Å². The van der Waals surface area contributed by atoms with E-state index in [0.717, 1.165) is 35.6 Å². The van der Waals surface area contributed by atoms with Crippen molar-refractivity contribution in [3.05, 3.63) is 12.2 Å². The maximum atomic E-state index is 2.95. The van der Waals surface area contributed by atoms with Crippen LogP contribution in [-0.4, -0.2) is 22.9 Å². The molecule has 4 atom stereocenters. The lowest BCUT2D eigenvalue weighted by atomic mass is 9.64. The molecule has 3 aliphatic carbocycles. The molecule has 1 nitrogen and oxygen atoms in total. The highest BCUT2D eigenvalue weighted by atomic mass is 15.1. The summed E-state index contributed by atoms with van der Waals surface area (Å²) in [5.74, 6) is 4.43. The van der Waals surface area contributed by atoms with Crippen molar-refractivity contribution >= 4 is 5.71 Å². The Balaban J connectivity index is 1.59. The summed E-state index contributed by atoms with van der Waals surface area (Å²) < 4.78 is 2.95. The van der Waals surface area contributed by atoms with Gasteiger partial charge in [0.15, 0.2) is 11.8 Å². The minimum Gasteiger partial charge on any atom is -0.230 e. The van der Waals surface area contributed by atoms with Crippen molar-refractivity contribution in [2.75, 3.05) is 6.54 Å². The molecule has 0 amide bonds. The number of hydrogen-bond acceptors (Lipinski definition) is 0. The predicted molar refractivity (Wildman–Crippen MR) is 121 cm³/mol. The Bertz CT molecular complexity index is 585. The second kappa shape index (κ2) is 8.65. The second-order valence-electron chi connectivity index (χ2n) is 11.6. The van der Waals surface area contributed by atoms with Crippen molar-refractivity contribution in [3.8, 4) is 0 Å². The van der Waals surface area contributed by atoms with Crippen LogP contribution in [0, 0.1) is 35.0 Å². The molecule has 0 radical (unpaired) electrons. The molecule has 0 bridgehead atoms. The molecule has 0 saturated heterocycles. The lowest BCUT2D eigenvalue weighted by Crippen LogP contribution is -2.42. The van der Waals surface area contributed by atoms with Crippen molar-refractivity contribution in [2.24, 2.45) is 35.0 Å². The van der Waals surface area contributed by atoms with Crippen LogP contribution in [0.15, 0.2) is 12.2 Å². The number of hydrogen-bond donors (Lipinski definition) is 0. The largest absolute Gasteiger partial charge is 0.230 e. The van der Waals surface area contributed by atoms with Crippen LogP contribution in [0.2, 0.25) is 0 Å². The summed E-state index contributed by atoms with van der Waals surface area (Å²) in [6.45, 7) is 11.5. The zero-order valence-corrected chi connectivity index (χ0v) is 19.3. The van der Waals surface area contributed by atoms with Crippen LogP contribution in [-0.2, 0) is 0 Å². The first-order chi connectivity index (χ1) is 13.5. The van der Waals surface area contributed by atoms with Gasteiger partial charge < -0.3 is 0 Å². The molecule has 0 spiro atoms. The van der Waals surface area contributed by atoms with E-state index in [0.29, 0.717) is 5.41 Å². The average molecular weight is 385 g/mol. The number of nitrogens with zero attached hydrogens (tertiary/aromatic N) is 1. The first-order valence-corrected chi connectivity index (χ1v) is 12.8. The summed E-state index contributed by atoms with van der Waals surface area (Å²) in [6, 6.07) is 0.790. The van der Waals surface area contributed by atoms with E-state index in [1.807, 2.05) is 0 Å². The predicted octanol–water partition coefficient (Wildman–Crippen LogP) is 7.25. The quantitative estimate of drug-likeness (QED) is 0.439. The molecule has 4 rings (SSSR count). The molecular weight excluding hydrogens is 338 g/mol. The van der Waals surface area contributed by atoms with Gasteiger partial charge >= 0.3 is 0 Å². The molecule has 3 saturated carbocycles. The lowest BCUT2D eigenvalue weighted by Gasteiger charge is -2.37. The molecule has 3 fully saturated rings. The van der Waals surface area contributed by atoms with Gasteiger partial charge in [-0.15, -0.1) is 0 Å². The van der Waals surface area contributed by atoms with Gasteiger partial charge in [-0.3, -0.25) is 0 Å². The molecule has 28 heavy (non-hydrogen) atoms. The Morgan fingerprint density at radius 1 is 0.929 bits per heavy atom. The van der Waals surface area contributed by atoms with Gasteiger partial charge in [0.05, 0.1) is 5.41 Å². The van der Waals surface area contributed by atoms with Crippen molar-refractivity contribution in [3.63, 3.8) is 0 Å². The van der Waals surface area contributed by atoms with E-state index >= 15 is 0 Å². The maximum Gasteiger partial charge on any atom is 0.182 e. The highest BCUT2D eigenvalue weighted by Gasteiger charge is 2.57. The fourth-order valence-electron chi connectivity index (χ4n) is 7.56. The van der Waals surface area contributed by atoms with Crippen LogP contribution in [0.5, 0.6) is 0 Å². The minimum atomic E-state index is 0.343. The van der Waals surface area contributed by atoms with Crippen molar-refractivity contribution < 1.29 is 4.58 Å². The fourth-order valence-corrected chi connectivity index (χ4v) is 7.56. The number of fused-ring (bicyclic) bond motifs is 1. The van der Waals surface area contributed by atoms with E-state index in [-0.39, 0.29) is 0 Å². The maximum absolute atomic E-state index is 2.95. The number of rotatable bonds is 5. The molecule has 0 aromatic carbocycles. The van der Waals surface area contributed by atoms with Gasteiger partial charge in [-0.2, -0.15) is 0 Å². The average Bonchev–Trinajstić information content (AvgIpc) is 3.25. The molecule has 0 aromatic rings. The third kappa shape index (κ3) is 4.15. The van der Waals surface area contributed by atoms with Gasteiger partial charge in [0.25, 0.3) is 0 Å². The Kier molecular flexibility index (Phi) is 6.38. The van der Waals surface area contributed by atoms with Gasteiger partial charge in [-0.25, -0.2) is 4.58 Å². The molecule has 0 N–H and O–H groups in total. The van der Waals surface area contributed by atoms with E-state index < -0.39 is 0 Å². The van der Waals surface area contributed by atoms with Crippen molar-refractivity contribution in [1.82, 2.24) is 0 Å². The highest BCUT2D eigenvalue weighted by molar-refractivity contribution is 5.96. The van der Waals surface area contributed by atoms with Crippen LogP contribution in [0.3, 0.4) is 0 Å². The SMILES string of the molecule is CC1CC(C)C2C(C1)C(C)(C)C(/C=C/C1CCCC1)=[N+]2CCC1CCCCC1. The smallest absolute Gasteiger partial charge is 0.182 e. The van der Waals surface area contributed by atoms with Gasteiger partial charge in [0, 0.05) is 24.3 Å². The van der Waals surface area contributed by atoms with E-state index in [1.54, 1.807) is 5.71 Å². The summed E-state index contributed by atoms with van der Waals surface area (Å²) in [6.07, 6.45) is 22.7. The number of allylic oxidation sites excluding steroid dienone is 2. The van der Waals surface area contributed by atoms with Crippen LogP contribution in [0.25, 0.3) is 0 Å². The summed E-state index contributed by atoms with van der Waals surface area (Å²) in [5.41, 5.74) is 2.04. The fraction of sp³-hybridized carbons (Fsp3) is 0.889. The Hall–Kier alpha value is -0.590. The molecule has 4 aliphatic rings. The molecule has 0 aromatic heterocycles. The van der Waals surface area contributed by atoms with Crippen LogP contribution in [0.4, 0.5) is 0 Å². The molecular formula is C27H46N+. The van der Waals surface area contributed by atoms with E-state index in [2.05, 4.69) is 44.4 Å². The standard InChI is InChI=1S/C27H46N/c1-20-18-21(2)26-24(19-20)27(3,4)25(15-14-22-12-8-9-13-22)28(26)17-16-23-10-6-5-7-11-23/h14-15,20-24,26H,5-13,16-19H2,1-4H3/q+1/b15-14+. The Morgan fingerprint density at radius 3 is 2.32 bits per heavy atom. The van der Waals surface area contributed by atoms with Crippen LogP contribution >= 0.6 is 0 Å². The van der Waals surface area contributed by atoms with E-state index in [1.165, 1.54) is 83.6 Å². The molecule has 4 unspecified atom stereocenters. The second-order valence-corrected chi connectivity index (χ2v) is 11.6. The van der Waals surface area contributed by atoms with Crippen molar-refractivity contribution in [1.29, 1.82) is 0 Å². The molecule has 1 heteroatoms. The van der Waals surface area contributed by atoms with E-state index in [9.17, 15) is 0 Å². The highest BCUT2D eigenvalue weighted by Crippen LogP contribution is 2.49. The summed E-state index contributed by atoms with van der Waals surface area (Å²) in [5, 5.41) is 0. The lowest BCUT2D eigenvalue weighted by molar-refractivity contribution is -0.576. The van der Waals surface area contributed by atoms with Gasteiger partial charge in [0.1, 0.15) is 6.54 Å². The molecule has 1 heterocycles. The summed E-state index contributed by atoms with van der Waals surface area (Å²) >= 11 is 0. The van der Waals surface area contributed by atoms with Gasteiger partial charge in [0.2, 0.25) is 0 Å². The van der Waals surface area contributed by atoms with Gasteiger partial charge in [-0.1, -0.05) is 64.9 Å². The van der Waals surface area contributed by atoms with Gasteiger partial charge in [-0.05, 0) is 57.3 Å². The Morgan fingerprint density at radius 2 is 1.61 bits per heavy atom. The summed E-state index contributed by atoms with van der Waals surface area (Å²) in [7, 11) is 0. The topological polar surface area (TPSA) is 3.01 Å². The van der Waals surface area contributed by atoms with Crippen LogP contribution < -0.4 is 0 Å². The third-order valence-corrected chi connectivity index (χ3v) is 9.11. The zero-order chi connectivity index (χ0) is 19.7. The minimum absolute atomic E-state index is 0.343. The van der Waals surface area contributed by atoms with Crippen LogP contribution in [0.1, 0.15) is 105 Å². The molecule has 158 valence electrons. The Labute approximate surface area is 175 Å². The van der Waals surface area contributed by atoms with Crippen molar-refractivity contribution in [2.45, 2.75) is 111 Å². The normalized spacial score (nSPS) is 37.1. The monoisotopic (exact) mass is 384 g/mol. The third-order valence-electron chi connectivity index (χ3n) is 9.11. The summed E-state index contributed by atoms with van der Waals surface area (Å²) in [4.78, 5) is 0. The first-order valence-electron chi connectivity index (χ1n) is 12.8.